The van der Waals surface area contributed by atoms with Crippen LogP contribution in [-0.4, -0.2) is 23.1 Å². The van der Waals surface area contributed by atoms with Crippen LogP contribution in [0.5, 0.6) is 0 Å². The van der Waals surface area contributed by atoms with E-state index in [-0.39, 0.29) is 0 Å². The second-order valence-corrected chi connectivity index (χ2v) is 7.56. The molecule has 1 unspecified atom stereocenters. The highest BCUT2D eigenvalue weighted by molar-refractivity contribution is 9.10. The van der Waals surface area contributed by atoms with Gasteiger partial charge in [0.15, 0.2) is 0 Å². The Morgan fingerprint density at radius 2 is 2.10 bits per heavy atom. The first-order chi connectivity index (χ1) is 9.45. The van der Waals surface area contributed by atoms with Crippen LogP contribution in [0.15, 0.2) is 29.0 Å². The van der Waals surface area contributed by atoms with E-state index in [4.69, 9.17) is 0 Å². The van der Waals surface area contributed by atoms with Gasteiger partial charge in [-0.3, -0.25) is 9.97 Å². The van der Waals surface area contributed by atoms with Gasteiger partial charge in [-0.15, -0.1) is 0 Å². The molecule has 20 heavy (non-hydrogen) atoms. The number of anilines is 1. The van der Waals surface area contributed by atoms with E-state index in [1.165, 1.54) is 12.1 Å². The molecule has 106 valence electrons. The van der Waals surface area contributed by atoms with Gasteiger partial charge in [0.05, 0.1) is 11.2 Å². The van der Waals surface area contributed by atoms with Crippen LogP contribution in [0.25, 0.3) is 11.0 Å². The molecule has 4 heteroatoms. The van der Waals surface area contributed by atoms with Crippen LogP contribution in [0.4, 0.5) is 5.69 Å². The Kier molecular flexibility index (Phi) is 3.44. The summed E-state index contributed by atoms with van der Waals surface area (Å²) < 4.78 is 0.976. The minimum atomic E-state index is 0.369. The van der Waals surface area contributed by atoms with Crippen LogP contribution in [-0.2, 0) is 0 Å². The lowest BCUT2D eigenvalue weighted by Gasteiger charge is -2.27. The monoisotopic (exact) mass is 333 g/mol. The molecule has 0 radical (unpaired) electrons. The molecule has 0 bridgehead atoms. The Morgan fingerprint density at radius 3 is 2.80 bits per heavy atom. The van der Waals surface area contributed by atoms with Gasteiger partial charge in [0.2, 0.25) is 0 Å². The lowest BCUT2D eigenvalue weighted by atomic mass is 9.80. The topological polar surface area (TPSA) is 29.0 Å². The molecule has 0 spiro atoms. The Balaban J connectivity index is 1.96. The minimum absolute atomic E-state index is 0.369. The van der Waals surface area contributed by atoms with Gasteiger partial charge in [-0.05, 0) is 45.8 Å². The number of rotatable bonds is 1. The van der Waals surface area contributed by atoms with Crippen LogP contribution in [0.1, 0.15) is 27.2 Å². The van der Waals surface area contributed by atoms with E-state index in [0.717, 1.165) is 34.5 Å². The third kappa shape index (κ3) is 2.53. The molecule has 0 aromatic carbocycles. The van der Waals surface area contributed by atoms with Crippen molar-refractivity contribution in [1.82, 2.24) is 9.97 Å². The van der Waals surface area contributed by atoms with Crippen molar-refractivity contribution in [1.29, 1.82) is 0 Å². The average Bonchev–Trinajstić information content (AvgIpc) is 2.87. The van der Waals surface area contributed by atoms with E-state index in [1.807, 2.05) is 18.5 Å². The largest absolute Gasteiger partial charge is 0.369 e. The maximum atomic E-state index is 4.56. The molecule has 0 N–H and O–H groups in total. The second kappa shape index (κ2) is 4.99. The maximum absolute atomic E-state index is 4.56. The van der Waals surface area contributed by atoms with Crippen LogP contribution in [0, 0.1) is 11.3 Å². The predicted octanol–water partition coefficient (Wildman–Crippen LogP) is 4.26. The van der Waals surface area contributed by atoms with E-state index < -0.39 is 0 Å². The van der Waals surface area contributed by atoms with Crippen molar-refractivity contribution in [2.45, 2.75) is 27.2 Å². The molecule has 2 aromatic heterocycles. The smallest absolute Gasteiger partial charge is 0.112 e. The fourth-order valence-electron chi connectivity index (χ4n) is 2.93. The molecule has 1 saturated heterocycles. The quantitative estimate of drug-likeness (QED) is 0.780. The minimum Gasteiger partial charge on any atom is -0.369 e. The highest BCUT2D eigenvalue weighted by atomic mass is 79.9. The van der Waals surface area contributed by atoms with Gasteiger partial charge in [0.25, 0.3) is 0 Å². The van der Waals surface area contributed by atoms with Crippen molar-refractivity contribution in [3.8, 4) is 0 Å². The number of pyridine rings is 2. The van der Waals surface area contributed by atoms with Gasteiger partial charge >= 0.3 is 0 Å². The summed E-state index contributed by atoms with van der Waals surface area (Å²) in [4.78, 5) is 11.4. The SMILES string of the molecule is CC(C)(C)C1CCN(c2ccnc3cc(Br)cnc23)C1. The van der Waals surface area contributed by atoms with Crippen LogP contribution in [0.2, 0.25) is 0 Å². The zero-order valence-corrected chi connectivity index (χ0v) is 13.8. The molecule has 3 rings (SSSR count). The van der Waals surface area contributed by atoms with E-state index >= 15 is 0 Å². The number of nitrogens with zero attached hydrogens (tertiary/aromatic N) is 3. The first-order valence-corrected chi connectivity index (χ1v) is 7.89. The molecule has 2 aromatic rings. The molecule has 0 saturated carbocycles. The van der Waals surface area contributed by atoms with Gasteiger partial charge in [-0.1, -0.05) is 20.8 Å². The number of hydrogen-bond acceptors (Lipinski definition) is 3. The zero-order chi connectivity index (χ0) is 14.3. The van der Waals surface area contributed by atoms with Gasteiger partial charge in [0.1, 0.15) is 5.52 Å². The summed E-state index contributed by atoms with van der Waals surface area (Å²) in [6.45, 7) is 9.22. The Morgan fingerprint density at radius 1 is 1.30 bits per heavy atom. The van der Waals surface area contributed by atoms with Crippen molar-refractivity contribution in [3.63, 3.8) is 0 Å². The molecule has 0 amide bonds. The van der Waals surface area contributed by atoms with Gasteiger partial charge in [-0.2, -0.15) is 0 Å². The lowest BCUT2D eigenvalue weighted by Crippen LogP contribution is -2.26. The number of hydrogen-bond donors (Lipinski definition) is 0. The highest BCUT2D eigenvalue weighted by Gasteiger charge is 2.32. The van der Waals surface area contributed by atoms with Gasteiger partial charge in [-0.25, -0.2) is 0 Å². The van der Waals surface area contributed by atoms with E-state index in [9.17, 15) is 0 Å². The number of aromatic nitrogens is 2. The molecular formula is C16H20BrN3. The molecule has 1 aliphatic heterocycles. The Bertz CT molecular complexity index is 633. The summed E-state index contributed by atoms with van der Waals surface area (Å²) in [7, 11) is 0. The van der Waals surface area contributed by atoms with Gasteiger partial charge < -0.3 is 4.90 Å². The summed E-state index contributed by atoms with van der Waals surface area (Å²) in [5, 5.41) is 0. The molecule has 0 aliphatic carbocycles. The van der Waals surface area contributed by atoms with Crippen molar-refractivity contribution < 1.29 is 0 Å². The Hall–Kier alpha value is -1.16. The zero-order valence-electron chi connectivity index (χ0n) is 12.2. The normalized spacial score (nSPS) is 19.8. The van der Waals surface area contributed by atoms with Crippen molar-refractivity contribution in [3.05, 3.63) is 29.0 Å². The number of fused-ring (bicyclic) bond motifs is 1. The van der Waals surface area contributed by atoms with Crippen LogP contribution >= 0.6 is 15.9 Å². The summed E-state index contributed by atoms with van der Waals surface area (Å²) in [6, 6.07) is 4.12. The van der Waals surface area contributed by atoms with Crippen molar-refractivity contribution >= 4 is 32.7 Å². The first-order valence-electron chi connectivity index (χ1n) is 7.10. The lowest BCUT2D eigenvalue weighted by molar-refractivity contribution is 0.263. The summed E-state index contributed by atoms with van der Waals surface area (Å²) >= 11 is 3.46. The van der Waals surface area contributed by atoms with Crippen LogP contribution < -0.4 is 4.90 Å². The molecule has 3 nitrogen and oxygen atoms in total. The second-order valence-electron chi connectivity index (χ2n) is 6.65. The third-order valence-electron chi connectivity index (χ3n) is 4.28. The summed E-state index contributed by atoms with van der Waals surface area (Å²) in [6.07, 6.45) is 4.99. The fourth-order valence-corrected chi connectivity index (χ4v) is 3.25. The van der Waals surface area contributed by atoms with E-state index in [2.05, 4.69) is 57.6 Å². The van der Waals surface area contributed by atoms with E-state index in [0.29, 0.717) is 5.41 Å². The highest BCUT2D eigenvalue weighted by Crippen LogP contribution is 2.37. The average molecular weight is 334 g/mol. The van der Waals surface area contributed by atoms with E-state index in [1.54, 1.807) is 0 Å². The molecule has 3 heterocycles. The molecule has 1 atom stereocenters. The summed E-state index contributed by atoms with van der Waals surface area (Å²) in [5.41, 5.74) is 3.55. The van der Waals surface area contributed by atoms with Crippen molar-refractivity contribution in [2.24, 2.45) is 11.3 Å². The summed E-state index contributed by atoms with van der Waals surface area (Å²) in [5.74, 6) is 0.737. The predicted molar refractivity (Wildman–Crippen MR) is 87.0 cm³/mol. The first kappa shape index (κ1) is 13.8. The maximum Gasteiger partial charge on any atom is 0.112 e. The number of halogens is 1. The van der Waals surface area contributed by atoms with Crippen molar-refractivity contribution in [2.75, 3.05) is 18.0 Å². The van der Waals surface area contributed by atoms with Crippen LogP contribution in [0.3, 0.4) is 0 Å². The molecule has 1 fully saturated rings. The molecule has 1 aliphatic rings. The third-order valence-corrected chi connectivity index (χ3v) is 4.71. The Labute approximate surface area is 128 Å². The molecular weight excluding hydrogens is 314 g/mol. The standard InChI is InChI=1S/C16H20BrN3/c1-16(2,3)11-5-7-20(10-11)14-4-6-18-13-8-12(17)9-19-15(13)14/h4,6,8-9,11H,5,7,10H2,1-3H3. The van der Waals surface area contributed by atoms with Gasteiger partial charge in [0, 0.05) is 30.0 Å². The fraction of sp³-hybridized carbons (Fsp3) is 0.500.